The van der Waals surface area contributed by atoms with Gasteiger partial charge in [0.1, 0.15) is 16.9 Å². The number of amides is 3. The average Bonchev–Trinajstić information content (AvgIpc) is 3.85. The van der Waals surface area contributed by atoms with Crippen LogP contribution in [0.5, 0.6) is 0 Å². The summed E-state index contributed by atoms with van der Waals surface area (Å²) in [6, 6.07) is 13.6. The van der Waals surface area contributed by atoms with Crippen LogP contribution in [0, 0.1) is 11.3 Å². The van der Waals surface area contributed by atoms with Gasteiger partial charge in [0.2, 0.25) is 17.7 Å². The fourth-order valence-electron chi connectivity index (χ4n) is 8.12. The monoisotopic (exact) mass is 725 g/mol. The summed E-state index contributed by atoms with van der Waals surface area (Å²) < 4.78 is 1.78. The van der Waals surface area contributed by atoms with E-state index in [2.05, 4.69) is 41.9 Å². The number of allylic oxidation sites excluding steroid dienone is 1. The highest BCUT2D eigenvalue weighted by molar-refractivity contribution is 7.14. The third kappa shape index (κ3) is 5.70. The number of carbonyl (C=O) groups is 3. The Bertz CT molecular complexity index is 2380. The van der Waals surface area contributed by atoms with Crippen molar-refractivity contribution in [3.8, 4) is 28.0 Å². The number of anilines is 2. The predicted molar refractivity (Wildman–Crippen MR) is 197 cm³/mol. The molecule has 5 aliphatic rings. The zero-order chi connectivity index (χ0) is 36.3. The molecule has 1 atom stereocenters. The van der Waals surface area contributed by atoms with E-state index < -0.39 is 0 Å². The molecule has 3 aliphatic carbocycles. The lowest BCUT2D eigenvalue weighted by molar-refractivity contribution is -0.134. The van der Waals surface area contributed by atoms with Gasteiger partial charge in [-0.2, -0.15) is 10.4 Å². The maximum absolute atomic E-state index is 13.7. The lowest BCUT2D eigenvalue weighted by Crippen LogP contribution is -2.51. The van der Waals surface area contributed by atoms with Crippen LogP contribution in [0.4, 0.5) is 11.5 Å². The molecular weight excluding hydrogens is 691 g/mol. The Balaban J connectivity index is 0.839. The van der Waals surface area contributed by atoms with Crippen LogP contribution in [-0.2, 0) is 19.8 Å². The first-order valence-electron chi connectivity index (χ1n) is 17.8. The molecule has 266 valence electrons. The van der Waals surface area contributed by atoms with Crippen LogP contribution >= 0.6 is 11.3 Å². The van der Waals surface area contributed by atoms with Gasteiger partial charge in [-0.25, -0.2) is 9.50 Å². The summed E-state index contributed by atoms with van der Waals surface area (Å²) >= 11 is 1.60. The van der Waals surface area contributed by atoms with Crippen LogP contribution in [0.25, 0.3) is 27.5 Å². The second-order valence-corrected chi connectivity index (χ2v) is 15.1. The van der Waals surface area contributed by atoms with Crippen LogP contribution in [0.1, 0.15) is 60.6 Å². The molecule has 3 amide bonds. The Hall–Kier alpha value is -6.01. The van der Waals surface area contributed by atoms with Crippen molar-refractivity contribution in [1.82, 2.24) is 40.0 Å². The molecule has 53 heavy (non-hydrogen) atoms. The molecule has 3 fully saturated rings. The molecule has 10 rings (SSSR count). The van der Waals surface area contributed by atoms with Crippen molar-refractivity contribution in [2.45, 2.75) is 49.9 Å². The zero-order valence-corrected chi connectivity index (χ0v) is 29.8. The van der Waals surface area contributed by atoms with Crippen molar-refractivity contribution in [3.63, 3.8) is 0 Å². The van der Waals surface area contributed by atoms with E-state index in [1.165, 1.54) is 5.57 Å². The quantitative estimate of drug-likeness (QED) is 0.230. The molecule has 1 saturated carbocycles. The van der Waals surface area contributed by atoms with Gasteiger partial charge in [-0.3, -0.25) is 24.7 Å². The van der Waals surface area contributed by atoms with Gasteiger partial charge >= 0.3 is 0 Å². The minimum atomic E-state index is -0.355. The predicted octanol–water partition coefficient (Wildman–Crippen LogP) is 4.21. The van der Waals surface area contributed by atoms with E-state index in [0.717, 1.165) is 80.8 Å². The number of rotatable bonds is 7. The molecule has 7 heterocycles. The summed E-state index contributed by atoms with van der Waals surface area (Å²) in [7, 11) is 1.87. The van der Waals surface area contributed by atoms with Crippen molar-refractivity contribution in [2.75, 3.05) is 43.4 Å². The fraction of sp³-hybridized carbons (Fsp3) is 0.342. The number of imide groups is 1. The minimum absolute atomic E-state index is 0.0780. The summed E-state index contributed by atoms with van der Waals surface area (Å²) in [6.07, 6.45) is 9.21. The van der Waals surface area contributed by atoms with Crippen molar-refractivity contribution >= 4 is 46.1 Å². The van der Waals surface area contributed by atoms with E-state index in [9.17, 15) is 19.6 Å². The highest BCUT2D eigenvalue weighted by atomic mass is 32.1. The molecule has 0 spiro atoms. The SMILES string of the molecule is CNc1cc(-c2ccc3cc(C#N)cnn23)ncc1-c1nnc(C23CCC(C(=O)N4CCN(c5ccc(C6CCC(=O)NC6=O)cn5)CC4)=C(C2)C3)s1. The Morgan fingerprint density at radius 3 is 2.58 bits per heavy atom. The van der Waals surface area contributed by atoms with E-state index in [1.54, 1.807) is 34.3 Å². The molecule has 2 aliphatic heterocycles. The maximum atomic E-state index is 13.7. The Morgan fingerprint density at radius 1 is 1.02 bits per heavy atom. The maximum Gasteiger partial charge on any atom is 0.249 e. The standard InChI is InChI=1S/C38H35N11O3S/c1-40-29-15-30(31-5-3-25-14-22(18-39)19-43-49(25)31)41-21-28(29)35-45-46-37(53-35)38-9-8-27(24(16-38)17-38)36(52)48-12-10-47(11-13-48)32-6-2-23(20-42-32)26-4-7-33(50)44-34(26)51/h2-3,5-6,14-15,19-21,26H,4,7-13,16-17H2,1H3,(H,40,41)(H,44,50,51). The van der Waals surface area contributed by atoms with E-state index >= 15 is 0 Å². The summed E-state index contributed by atoms with van der Waals surface area (Å²) in [5.41, 5.74) is 7.58. The number of hydrogen-bond donors (Lipinski definition) is 2. The zero-order valence-electron chi connectivity index (χ0n) is 29.0. The Morgan fingerprint density at radius 2 is 1.87 bits per heavy atom. The number of pyridine rings is 2. The second kappa shape index (κ2) is 12.9. The average molecular weight is 726 g/mol. The van der Waals surface area contributed by atoms with E-state index in [0.29, 0.717) is 44.6 Å². The largest absolute Gasteiger partial charge is 0.387 e. The normalized spacial score (nSPS) is 19.5. The van der Waals surface area contributed by atoms with Gasteiger partial charge < -0.3 is 15.1 Å². The molecule has 5 aromatic rings. The molecule has 2 saturated heterocycles. The molecule has 0 aromatic carbocycles. The number of nitrogens with zero attached hydrogens (tertiary/aromatic N) is 9. The lowest BCUT2D eigenvalue weighted by Gasteiger charge is -2.48. The van der Waals surface area contributed by atoms with Gasteiger partial charge in [0.25, 0.3) is 0 Å². The molecule has 2 N–H and O–H groups in total. The first-order valence-corrected chi connectivity index (χ1v) is 18.6. The topological polar surface area (TPSA) is 174 Å². The number of nitriles is 1. The third-order valence-corrected chi connectivity index (χ3v) is 12.3. The molecule has 1 unspecified atom stereocenters. The number of carbonyl (C=O) groups excluding carboxylic acids is 3. The minimum Gasteiger partial charge on any atom is -0.387 e. The summed E-state index contributed by atoms with van der Waals surface area (Å²) in [5, 5.41) is 30.5. The highest BCUT2D eigenvalue weighted by Crippen LogP contribution is 2.57. The number of hydrogen-bond acceptors (Lipinski definition) is 12. The van der Waals surface area contributed by atoms with E-state index in [-0.39, 0.29) is 29.1 Å². The summed E-state index contributed by atoms with van der Waals surface area (Å²) in [5.74, 6) is 0.125. The van der Waals surface area contributed by atoms with Crippen LogP contribution in [0.15, 0.2) is 66.1 Å². The van der Waals surface area contributed by atoms with Crippen LogP contribution in [0.2, 0.25) is 0 Å². The van der Waals surface area contributed by atoms with Crippen molar-refractivity contribution in [3.05, 3.63) is 82.3 Å². The second-order valence-electron chi connectivity index (χ2n) is 14.1. The molecule has 0 radical (unpaired) electrons. The van der Waals surface area contributed by atoms with E-state index in [4.69, 9.17) is 4.98 Å². The van der Waals surface area contributed by atoms with Crippen LogP contribution in [-0.4, -0.2) is 85.6 Å². The van der Waals surface area contributed by atoms with Gasteiger partial charge in [-0.1, -0.05) is 23.0 Å². The van der Waals surface area contributed by atoms with Crippen molar-refractivity contribution in [1.29, 1.82) is 5.26 Å². The first-order chi connectivity index (χ1) is 25.8. The number of piperidine rings is 1. The molecule has 14 nitrogen and oxygen atoms in total. The van der Waals surface area contributed by atoms with Crippen LogP contribution in [0.3, 0.4) is 0 Å². The number of piperazine rings is 1. The molecular formula is C38H35N11O3S. The number of nitrogens with one attached hydrogen (secondary N) is 2. The van der Waals surface area contributed by atoms with Crippen molar-refractivity contribution < 1.29 is 14.4 Å². The summed E-state index contributed by atoms with van der Waals surface area (Å²) in [6.45, 7) is 2.61. The smallest absolute Gasteiger partial charge is 0.249 e. The van der Waals surface area contributed by atoms with E-state index in [1.807, 2.05) is 48.5 Å². The molecule has 5 aromatic heterocycles. The van der Waals surface area contributed by atoms with Gasteiger partial charge in [0.05, 0.1) is 40.1 Å². The van der Waals surface area contributed by atoms with Gasteiger partial charge in [0.15, 0.2) is 5.01 Å². The summed E-state index contributed by atoms with van der Waals surface area (Å²) in [4.78, 5) is 51.0. The fourth-order valence-corrected chi connectivity index (χ4v) is 9.20. The highest BCUT2D eigenvalue weighted by Gasteiger charge is 2.50. The number of aromatic nitrogens is 6. The Kier molecular flexibility index (Phi) is 7.99. The van der Waals surface area contributed by atoms with Crippen LogP contribution < -0.4 is 15.5 Å². The number of fused-ring (bicyclic) bond motifs is 3. The van der Waals surface area contributed by atoms with Gasteiger partial charge in [-0.05, 0) is 68.0 Å². The molecule has 15 heteroatoms. The lowest BCUT2D eigenvalue weighted by atomic mass is 9.57. The van der Waals surface area contributed by atoms with Gasteiger partial charge in [-0.15, -0.1) is 10.2 Å². The van der Waals surface area contributed by atoms with Gasteiger partial charge in [0, 0.05) is 68.7 Å². The van der Waals surface area contributed by atoms with Crippen molar-refractivity contribution in [2.24, 2.45) is 0 Å². The molecule has 2 bridgehead atoms. The third-order valence-electron chi connectivity index (χ3n) is 11.1. The Labute approximate surface area is 308 Å². The first kappa shape index (κ1) is 32.9.